The summed E-state index contributed by atoms with van der Waals surface area (Å²) >= 11 is 3.57. The fraction of sp³-hybridized carbons (Fsp3) is 0.238. The van der Waals surface area contributed by atoms with Crippen LogP contribution < -0.4 is 9.80 Å². The van der Waals surface area contributed by atoms with Crippen molar-refractivity contribution in [1.82, 2.24) is 0 Å². The number of thiophene rings is 2. The molecule has 4 aromatic carbocycles. The molecule has 0 N–H and O–H groups in total. The number of anilines is 2. The van der Waals surface area contributed by atoms with Crippen LogP contribution in [0.15, 0.2) is 97.1 Å². The number of imide groups is 1. The first-order chi connectivity index (χ1) is 23.3. The van der Waals surface area contributed by atoms with Crippen LogP contribution in [0.3, 0.4) is 0 Å². The molecule has 1 saturated heterocycles. The van der Waals surface area contributed by atoms with Gasteiger partial charge >= 0.3 is 0 Å². The minimum Gasteiger partial charge on any atom is -0.372 e. The third-order valence-electron chi connectivity index (χ3n) is 9.82. The second kappa shape index (κ2) is 12.2. The van der Waals surface area contributed by atoms with Gasteiger partial charge in [-0.1, -0.05) is 76.2 Å². The van der Waals surface area contributed by atoms with Gasteiger partial charge in [-0.3, -0.25) is 9.59 Å². The predicted octanol–water partition coefficient (Wildman–Crippen LogP) is 11.6. The molecule has 2 aromatic heterocycles. The first-order valence-corrected chi connectivity index (χ1v) is 18.6. The summed E-state index contributed by atoms with van der Waals surface area (Å²) in [7, 11) is 0. The number of amides is 2. The molecule has 6 heteroatoms. The van der Waals surface area contributed by atoms with Gasteiger partial charge in [0.1, 0.15) is 0 Å². The van der Waals surface area contributed by atoms with Crippen molar-refractivity contribution >= 4 is 56.6 Å². The molecule has 0 aliphatic carbocycles. The predicted molar refractivity (Wildman–Crippen MR) is 203 cm³/mol. The molecule has 2 amide bonds. The molecule has 4 heterocycles. The highest BCUT2D eigenvalue weighted by molar-refractivity contribution is 7.25. The van der Waals surface area contributed by atoms with Crippen molar-refractivity contribution in [3.8, 4) is 30.6 Å². The van der Waals surface area contributed by atoms with E-state index >= 15 is 0 Å². The summed E-state index contributed by atoms with van der Waals surface area (Å²) in [5, 5.41) is 1.69. The van der Waals surface area contributed by atoms with Crippen LogP contribution in [0.1, 0.15) is 84.2 Å². The SMILES string of the molecule is CC(C)c1cccc(C(C)C)c1N1C(=O)c2cccc3c(-c4ccc(-c5ccc(-c6ccc(N7CCCC7)cc6)s5)s4)ccc(c23)C1=O. The Morgan fingerprint density at radius 1 is 0.562 bits per heavy atom. The van der Waals surface area contributed by atoms with Crippen molar-refractivity contribution in [1.29, 1.82) is 0 Å². The number of rotatable bonds is 7. The van der Waals surface area contributed by atoms with E-state index in [2.05, 4.69) is 87.2 Å². The topological polar surface area (TPSA) is 40.6 Å². The van der Waals surface area contributed by atoms with E-state index in [4.69, 9.17) is 0 Å². The fourth-order valence-electron chi connectivity index (χ4n) is 7.34. The monoisotopic (exact) mass is 666 g/mol. The minimum atomic E-state index is -0.253. The Morgan fingerprint density at radius 3 is 1.75 bits per heavy atom. The Kier molecular flexibility index (Phi) is 7.81. The molecule has 240 valence electrons. The normalized spacial score (nSPS) is 14.7. The lowest BCUT2D eigenvalue weighted by Gasteiger charge is -2.32. The molecule has 0 spiro atoms. The van der Waals surface area contributed by atoms with Crippen molar-refractivity contribution in [3.05, 3.63) is 119 Å². The summed E-state index contributed by atoms with van der Waals surface area (Å²) in [4.78, 5) is 37.4. The Bertz CT molecular complexity index is 2150. The summed E-state index contributed by atoms with van der Waals surface area (Å²) in [5.74, 6) is -0.188. The van der Waals surface area contributed by atoms with Crippen LogP contribution in [-0.2, 0) is 0 Å². The van der Waals surface area contributed by atoms with Gasteiger partial charge in [0, 0.05) is 54.8 Å². The van der Waals surface area contributed by atoms with Crippen LogP contribution in [0.2, 0.25) is 0 Å². The molecule has 1 fully saturated rings. The van der Waals surface area contributed by atoms with Crippen LogP contribution in [0.5, 0.6) is 0 Å². The third kappa shape index (κ3) is 5.10. The maximum absolute atomic E-state index is 14.3. The average Bonchev–Trinajstić information content (AvgIpc) is 3.90. The van der Waals surface area contributed by atoms with Gasteiger partial charge in [0.05, 0.1) is 5.69 Å². The second-order valence-electron chi connectivity index (χ2n) is 13.5. The molecule has 6 aromatic rings. The summed E-state index contributed by atoms with van der Waals surface area (Å²) in [6.45, 7) is 10.8. The zero-order chi connectivity index (χ0) is 33.1. The van der Waals surface area contributed by atoms with E-state index in [0.29, 0.717) is 11.1 Å². The number of benzene rings is 4. The smallest absolute Gasteiger partial charge is 0.266 e. The zero-order valence-corrected chi connectivity index (χ0v) is 29.4. The lowest BCUT2D eigenvalue weighted by Crippen LogP contribution is -2.41. The molecule has 0 saturated carbocycles. The van der Waals surface area contributed by atoms with Crippen molar-refractivity contribution < 1.29 is 9.59 Å². The first kappa shape index (κ1) is 30.8. The number of carbonyl (C=O) groups excluding carboxylic acids is 2. The molecule has 0 unspecified atom stereocenters. The fourth-order valence-corrected chi connectivity index (χ4v) is 9.48. The molecule has 2 aliphatic heterocycles. The summed E-state index contributed by atoms with van der Waals surface area (Å²) < 4.78 is 0. The third-order valence-corrected chi connectivity index (χ3v) is 12.3. The van der Waals surface area contributed by atoms with E-state index < -0.39 is 0 Å². The number of carbonyl (C=O) groups is 2. The molecule has 2 aliphatic rings. The van der Waals surface area contributed by atoms with E-state index in [1.165, 1.54) is 43.6 Å². The molecule has 8 rings (SSSR count). The highest BCUT2D eigenvalue weighted by Crippen LogP contribution is 2.45. The van der Waals surface area contributed by atoms with Crippen LogP contribution in [0, 0.1) is 0 Å². The molecule has 4 nitrogen and oxygen atoms in total. The largest absolute Gasteiger partial charge is 0.372 e. The van der Waals surface area contributed by atoms with Crippen LogP contribution in [-0.4, -0.2) is 24.9 Å². The standard InChI is InChI=1S/C42H38N2O2S2/c1-25(2)29-9-7-10-30(26(3)4)40(29)44-41(45)33-12-8-11-32-31(17-18-34(39(32)33)42(44)46)36-20-22-38(48-36)37-21-19-35(47-37)27-13-15-28(16-14-27)43-23-5-6-24-43/h7-22,25-26H,5-6,23-24H2,1-4H3. The number of hydrogen-bond donors (Lipinski definition) is 0. The van der Waals surface area contributed by atoms with Crippen molar-refractivity contribution in [3.63, 3.8) is 0 Å². The maximum atomic E-state index is 14.3. The van der Waals surface area contributed by atoms with Gasteiger partial charge in [-0.25, -0.2) is 4.90 Å². The molecular formula is C42H38N2O2S2. The Hall–Kier alpha value is -4.52. The molecule has 48 heavy (non-hydrogen) atoms. The summed E-state index contributed by atoms with van der Waals surface area (Å²) in [5.41, 5.74) is 7.52. The first-order valence-electron chi connectivity index (χ1n) is 16.9. The van der Waals surface area contributed by atoms with E-state index in [0.717, 1.165) is 51.1 Å². The quantitative estimate of drug-likeness (QED) is 0.159. The average molecular weight is 667 g/mol. The van der Waals surface area contributed by atoms with Gasteiger partial charge < -0.3 is 4.90 Å². The van der Waals surface area contributed by atoms with Crippen molar-refractivity contribution in [2.75, 3.05) is 22.9 Å². The van der Waals surface area contributed by atoms with E-state index in [1.54, 1.807) is 11.3 Å². The highest BCUT2D eigenvalue weighted by Gasteiger charge is 2.37. The van der Waals surface area contributed by atoms with Gasteiger partial charge in [0.2, 0.25) is 0 Å². The summed E-state index contributed by atoms with van der Waals surface area (Å²) in [6, 6.07) is 33.7. The van der Waals surface area contributed by atoms with Gasteiger partial charge in [0.15, 0.2) is 0 Å². The lowest BCUT2D eigenvalue weighted by molar-refractivity contribution is 0.0893. The number of para-hydroxylation sites is 1. The molecule has 0 bridgehead atoms. The van der Waals surface area contributed by atoms with Crippen molar-refractivity contribution in [2.24, 2.45) is 0 Å². The van der Waals surface area contributed by atoms with E-state index in [-0.39, 0.29) is 23.7 Å². The second-order valence-corrected chi connectivity index (χ2v) is 15.7. The Balaban J connectivity index is 1.13. The minimum absolute atomic E-state index is 0.159. The molecular weight excluding hydrogens is 629 g/mol. The maximum Gasteiger partial charge on any atom is 0.266 e. The van der Waals surface area contributed by atoms with Gasteiger partial charge in [-0.15, -0.1) is 22.7 Å². The van der Waals surface area contributed by atoms with E-state index in [1.807, 2.05) is 53.8 Å². The van der Waals surface area contributed by atoms with Crippen molar-refractivity contribution in [2.45, 2.75) is 52.4 Å². The van der Waals surface area contributed by atoms with Gasteiger partial charge in [-0.05, 0) is 101 Å². The highest BCUT2D eigenvalue weighted by atomic mass is 32.1. The van der Waals surface area contributed by atoms with Gasteiger partial charge in [0.25, 0.3) is 11.8 Å². The van der Waals surface area contributed by atoms with Crippen LogP contribution >= 0.6 is 22.7 Å². The molecule has 0 radical (unpaired) electrons. The Morgan fingerprint density at radius 2 is 1.10 bits per heavy atom. The number of nitrogens with zero attached hydrogens (tertiary/aromatic N) is 2. The zero-order valence-electron chi connectivity index (χ0n) is 27.7. The van der Waals surface area contributed by atoms with E-state index in [9.17, 15) is 9.59 Å². The molecule has 0 atom stereocenters. The van der Waals surface area contributed by atoms with Crippen LogP contribution in [0.25, 0.3) is 41.4 Å². The summed E-state index contributed by atoms with van der Waals surface area (Å²) in [6.07, 6.45) is 2.56. The van der Waals surface area contributed by atoms with Crippen LogP contribution in [0.4, 0.5) is 11.4 Å². The Labute approximate surface area is 290 Å². The van der Waals surface area contributed by atoms with Gasteiger partial charge in [-0.2, -0.15) is 0 Å². The number of hydrogen-bond acceptors (Lipinski definition) is 5. The lowest BCUT2D eigenvalue weighted by atomic mass is 9.87.